The zero-order chi connectivity index (χ0) is 36.6. The molecule has 0 spiro atoms. The molecule has 0 aliphatic heterocycles. The lowest BCUT2D eigenvalue weighted by Crippen LogP contribution is -1.92. The maximum Gasteiger partial charge on any atom is 0.0836 e. The minimum absolute atomic E-state index is 0.943. The normalized spacial score (nSPS) is 11.6. The fourth-order valence-electron chi connectivity index (χ4n) is 7.97. The molecule has 0 atom stereocenters. The largest absolute Gasteiger partial charge is 0.376 e. The van der Waals surface area contributed by atoms with E-state index in [2.05, 4.69) is 20.5 Å². The van der Waals surface area contributed by atoms with Crippen LogP contribution in [0.1, 0.15) is 309 Å². The van der Waals surface area contributed by atoms with E-state index < -0.39 is 0 Å². The highest BCUT2D eigenvalue weighted by Crippen LogP contribution is 2.18. The van der Waals surface area contributed by atoms with Crippen LogP contribution < -0.4 is 0 Å². The Bertz CT molecular complexity index is 509. The summed E-state index contributed by atoms with van der Waals surface area (Å²) in [4.78, 5) is 0. The average Bonchev–Trinajstić information content (AvgIpc) is 3.14. The first-order valence-corrected chi connectivity index (χ1v) is 24.8. The third-order valence-corrected chi connectivity index (χ3v) is 11.7. The van der Waals surface area contributed by atoms with Crippen LogP contribution in [0.5, 0.6) is 0 Å². The van der Waals surface area contributed by atoms with Crippen molar-refractivity contribution in [3.63, 3.8) is 0 Å². The van der Waals surface area contributed by atoms with Crippen molar-refractivity contribution in [2.75, 3.05) is 6.61 Å². The Morgan fingerprint density at radius 2 is 0.392 bits per heavy atom. The molecular formula is C50H101O. The molecule has 1 heteroatoms. The molecule has 0 heterocycles. The van der Waals surface area contributed by atoms with Crippen molar-refractivity contribution in [2.45, 2.75) is 309 Å². The van der Waals surface area contributed by atoms with Crippen molar-refractivity contribution in [3.8, 4) is 0 Å². The smallest absolute Gasteiger partial charge is 0.0836 e. The van der Waals surface area contributed by atoms with Crippen molar-refractivity contribution in [1.29, 1.82) is 0 Å². The molecule has 0 bridgehead atoms. The molecule has 0 unspecified atom stereocenters. The molecule has 51 heavy (non-hydrogen) atoms. The Hall–Kier alpha value is -0.0400. The Morgan fingerprint density at radius 1 is 0.216 bits per heavy atom. The van der Waals surface area contributed by atoms with Crippen LogP contribution >= 0.6 is 0 Å². The fourth-order valence-corrected chi connectivity index (χ4v) is 7.97. The molecule has 0 rings (SSSR count). The van der Waals surface area contributed by atoms with Gasteiger partial charge in [-0.15, -0.1) is 0 Å². The second-order valence-electron chi connectivity index (χ2n) is 17.0. The lowest BCUT2D eigenvalue weighted by atomic mass is 10.0. The molecule has 0 aliphatic carbocycles. The molecule has 0 N–H and O–H groups in total. The van der Waals surface area contributed by atoms with E-state index in [-0.39, 0.29) is 0 Å². The van der Waals surface area contributed by atoms with Crippen LogP contribution in [0.15, 0.2) is 0 Å². The molecule has 307 valence electrons. The molecule has 1 nitrogen and oxygen atoms in total. The predicted octanol–water partition coefficient (Wildman–Crippen LogP) is 19.1. The molecule has 0 amide bonds. The molecule has 0 aromatic rings. The van der Waals surface area contributed by atoms with Gasteiger partial charge in [-0.2, -0.15) is 0 Å². The first-order chi connectivity index (χ1) is 25.4. The van der Waals surface area contributed by atoms with Gasteiger partial charge in [0.25, 0.3) is 0 Å². The standard InChI is InChI=1S/C50H101O/c1-3-5-7-9-11-13-15-17-19-21-23-25-26-27-28-29-30-32-34-36-38-40-42-44-46-48-50-51-49-47-45-43-41-39-37-35-33-31-24-22-20-18-16-14-12-10-8-6-4-2/h50H,3-49H2,1-2H3. The molecule has 0 saturated heterocycles. The highest BCUT2D eigenvalue weighted by Gasteiger charge is 1.99. The lowest BCUT2D eigenvalue weighted by molar-refractivity contribution is 0.183. The summed E-state index contributed by atoms with van der Waals surface area (Å²) < 4.78 is 5.80. The number of ether oxygens (including phenoxy) is 1. The Morgan fingerprint density at radius 3 is 0.608 bits per heavy atom. The van der Waals surface area contributed by atoms with Crippen LogP contribution in [0.3, 0.4) is 0 Å². The first-order valence-electron chi connectivity index (χ1n) is 24.8. The van der Waals surface area contributed by atoms with Gasteiger partial charge < -0.3 is 4.74 Å². The second-order valence-corrected chi connectivity index (χ2v) is 17.0. The summed E-state index contributed by atoms with van der Waals surface area (Å²) in [7, 11) is 0. The van der Waals surface area contributed by atoms with Gasteiger partial charge in [-0.1, -0.05) is 296 Å². The van der Waals surface area contributed by atoms with Gasteiger partial charge in [0.05, 0.1) is 6.61 Å². The first kappa shape index (κ1) is 51.0. The van der Waals surface area contributed by atoms with E-state index in [1.165, 1.54) is 289 Å². The van der Waals surface area contributed by atoms with Gasteiger partial charge >= 0.3 is 0 Å². The van der Waals surface area contributed by atoms with E-state index >= 15 is 0 Å². The summed E-state index contributed by atoms with van der Waals surface area (Å²) in [5.74, 6) is 0. The van der Waals surface area contributed by atoms with Crippen LogP contribution in [0, 0.1) is 6.61 Å². The van der Waals surface area contributed by atoms with Crippen molar-refractivity contribution >= 4 is 0 Å². The molecule has 1 radical (unpaired) electrons. The topological polar surface area (TPSA) is 9.23 Å². The van der Waals surface area contributed by atoms with Gasteiger partial charge in [0, 0.05) is 6.61 Å². The summed E-state index contributed by atoms with van der Waals surface area (Å²) in [6, 6.07) is 0. The minimum Gasteiger partial charge on any atom is -0.376 e. The average molecular weight is 718 g/mol. The van der Waals surface area contributed by atoms with Gasteiger partial charge in [0.15, 0.2) is 0 Å². The number of hydrogen-bond acceptors (Lipinski definition) is 1. The van der Waals surface area contributed by atoms with E-state index in [0.717, 1.165) is 13.0 Å². The Kier molecular flexibility index (Phi) is 49.9. The quantitative estimate of drug-likeness (QED) is 0.0569. The SMILES string of the molecule is CCCCCCCCCCCCCCCCCCCCCCCCCCC[CH]OCCCCCCCCCCCCCCCCCCCCCC. The van der Waals surface area contributed by atoms with E-state index in [9.17, 15) is 0 Å². The Labute approximate surface area is 326 Å². The molecule has 0 aliphatic rings. The second kappa shape index (κ2) is 50.0. The van der Waals surface area contributed by atoms with Gasteiger partial charge in [-0.05, 0) is 12.8 Å². The minimum atomic E-state index is 0.943. The fraction of sp³-hybridized carbons (Fsp3) is 0.980. The molecule has 0 aromatic carbocycles. The molecule has 0 fully saturated rings. The zero-order valence-corrected chi connectivity index (χ0v) is 36.2. The van der Waals surface area contributed by atoms with E-state index in [0.29, 0.717) is 0 Å². The number of unbranched alkanes of at least 4 members (excludes halogenated alkanes) is 44. The maximum atomic E-state index is 5.80. The van der Waals surface area contributed by atoms with Crippen LogP contribution in [0.4, 0.5) is 0 Å². The molecule has 0 aromatic heterocycles. The summed E-state index contributed by atoms with van der Waals surface area (Å²) in [6.45, 7) is 7.67. The summed E-state index contributed by atoms with van der Waals surface area (Å²) >= 11 is 0. The van der Waals surface area contributed by atoms with Crippen LogP contribution in [-0.2, 0) is 4.74 Å². The molecular weight excluding hydrogens is 617 g/mol. The third-order valence-electron chi connectivity index (χ3n) is 11.7. The van der Waals surface area contributed by atoms with Crippen LogP contribution in [0.2, 0.25) is 0 Å². The van der Waals surface area contributed by atoms with Crippen LogP contribution in [0.25, 0.3) is 0 Å². The van der Waals surface area contributed by atoms with Crippen molar-refractivity contribution in [2.24, 2.45) is 0 Å². The van der Waals surface area contributed by atoms with Gasteiger partial charge in [0.2, 0.25) is 0 Å². The van der Waals surface area contributed by atoms with Crippen LogP contribution in [-0.4, -0.2) is 6.61 Å². The zero-order valence-electron chi connectivity index (χ0n) is 36.2. The van der Waals surface area contributed by atoms with Gasteiger partial charge in [0.1, 0.15) is 0 Å². The maximum absolute atomic E-state index is 5.80. The summed E-state index contributed by atoms with van der Waals surface area (Å²) in [5.41, 5.74) is 0. The van der Waals surface area contributed by atoms with E-state index in [1.807, 2.05) is 0 Å². The lowest BCUT2D eigenvalue weighted by Gasteiger charge is -2.05. The Balaban J connectivity index is 3.04. The van der Waals surface area contributed by atoms with Crippen molar-refractivity contribution in [1.82, 2.24) is 0 Å². The number of rotatable bonds is 48. The monoisotopic (exact) mass is 718 g/mol. The summed E-state index contributed by atoms with van der Waals surface area (Å²) in [5, 5.41) is 0. The summed E-state index contributed by atoms with van der Waals surface area (Å²) in [6.07, 6.45) is 66.5. The van der Waals surface area contributed by atoms with Crippen molar-refractivity contribution in [3.05, 3.63) is 6.61 Å². The van der Waals surface area contributed by atoms with Gasteiger partial charge in [-0.25, -0.2) is 0 Å². The number of hydrogen-bond donors (Lipinski definition) is 0. The highest BCUT2D eigenvalue weighted by molar-refractivity contribution is 4.56. The highest BCUT2D eigenvalue weighted by atomic mass is 16.5. The molecule has 0 saturated carbocycles. The van der Waals surface area contributed by atoms with E-state index in [1.54, 1.807) is 0 Å². The predicted molar refractivity (Wildman–Crippen MR) is 234 cm³/mol. The van der Waals surface area contributed by atoms with Crippen molar-refractivity contribution < 1.29 is 4.74 Å². The van der Waals surface area contributed by atoms with E-state index in [4.69, 9.17) is 4.74 Å². The van der Waals surface area contributed by atoms with Gasteiger partial charge in [-0.3, -0.25) is 0 Å². The third kappa shape index (κ3) is 50.0.